The van der Waals surface area contributed by atoms with Crippen molar-refractivity contribution in [2.24, 2.45) is 0 Å². The van der Waals surface area contributed by atoms with E-state index < -0.39 is 0 Å². The van der Waals surface area contributed by atoms with Crippen molar-refractivity contribution in [3.63, 3.8) is 0 Å². The number of alkyl halides is 1. The van der Waals surface area contributed by atoms with Crippen LogP contribution in [-0.4, -0.2) is 49.8 Å². The fraction of sp³-hybridized carbons (Fsp3) is 0.500. The van der Waals surface area contributed by atoms with Crippen molar-refractivity contribution in [2.45, 2.75) is 37.0 Å². The van der Waals surface area contributed by atoms with Crippen LogP contribution in [0.2, 0.25) is 0 Å². The molecule has 0 spiro atoms. The Hall–Kier alpha value is -1.75. The first-order chi connectivity index (χ1) is 13.0. The zero-order valence-electron chi connectivity index (χ0n) is 15.1. The summed E-state index contributed by atoms with van der Waals surface area (Å²) in [6.45, 7) is 5.66. The van der Waals surface area contributed by atoms with Gasteiger partial charge in [-0.25, -0.2) is 14.4 Å². The average Bonchev–Trinajstić information content (AvgIpc) is 2.93. The maximum atomic E-state index is 14.4. The van der Waals surface area contributed by atoms with Crippen molar-refractivity contribution in [3.8, 4) is 17.5 Å². The molecule has 2 aliphatic rings. The number of pyridine rings is 1. The minimum absolute atomic E-state index is 0.0131. The van der Waals surface area contributed by atoms with Crippen molar-refractivity contribution in [3.05, 3.63) is 35.2 Å². The quantitative estimate of drug-likeness (QED) is 0.374. The van der Waals surface area contributed by atoms with Gasteiger partial charge in [-0.05, 0) is 13.8 Å². The lowest BCUT2D eigenvalue weighted by Crippen LogP contribution is -2.28. The summed E-state index contributed by atoms with van der Waals surface area (Å²) in [5, 5.41) is 0. The largest absolute Gasteiger partial charge is 0.484 e. The van der Waals surface area contributed by atoms with E-state index in [-0.39, 0.29) is 16.0 Å². The summed E-state index contributed by atoms with van der Waals surface area (Å²) in [7, 11) is 0. The Kier molecular flexibility index (Phi) is 5.31. The number of hydrogen-bond acceptors (Lipinski definition) is 7. The zero-order valence-corrected chi connectivity index (χ0v) is 17.3. The van der Waals surface area contributed by atoms with Crippen LogP contribution >= 0.6 is 22.6 Å². The SMILES string of the molecule is Cc1cc(O[C@@H]2C[C@H](I)N(Cc3nc4c(cc3F)OCCO4)C2)nc(C)n1. The van der Waals surface area contributed by atoms with Gasteiger partial charge in [-0.2, -0.15) is 4.98 Å². The zero-order chi connectivity index (χ0) is 19.0. The molecule has 0 aromatic carbocycles. The molecule has 0 unspecified atom stereocenters. The maximum Gasteiger partial charge on any atom is 0.257 e. The third kappa shape index (κ3) is 4.23. The van der Waals surface area contributed by atoms with Crippen LogP contribution in [0, 0.1) is 19.7 Å². The molecule has 0 N–H and O–H groups in total. The average molecular weight is 486 g/mol. The van der Waals surface area contributed by atoms with Crippen molar-refractivity contribution in [2.75, 3.05) is 19.8 Å². The first kappa shape index (κ1) is 18.6. The summed E-state index contributed by atoms with van der Waals surface area (Å²) in [6, 6.07) is 3.19. The van der Waals surface area contributed by atoms with Crippen LogP contribution in [0.15, 0.2) is 12.1 Å². The Morgan fingerprint density at radius 1 is 1.22 bits per heavy atom. The van der Waals surface area contributed by atoms with Gasteiger partial charge in [0.05, 0.1) is 9.74 Å². The van der Waals surface area contributed by atoms with E-state index in [1.165, 1.54) is 6.07 Å². The number of likely N-dealkylation sites (tertiary alicyclic amines) is 1. The fourth-order valence-corrected chi connectivity index (χ4v) is 4.26. The number of fused-ring (bicyclic) bond motifs is 1. The lowest BCUT2D eigenvalue weighted by atomic mass is 10.3. The molecule has 4 heterocycles. The van der Waals surface area contributed by atoms with Gasteiger partial charge in [0.25, 0.3) is 5.88 Å². The summed E-state index contributed by atoms with van der Waals surface area (Å²) in [5.74, 6) is 1.62. The minimum atomic E-state index is -0.380. The molecule has 2 atom stereocenters. The molecular weight excluding hydrogens is 466 g/mol. The topological polar surface area (TPSA) is 69.6 Å². The monoisotopic (exact) mass is 486 g/mol. The molecular formula is C18H20FIN4O3. The van der Waals surface area contributed by atoms with Crippen LogP contribution in [0.1, 0.15) is 23.6 Å². The standard InChI is InChI=1S/C18H20FIN4O3/c1-10-5-17(22-11(2)21-10)27-12-6-16(20)24(8-12)9-14-13(19)7-15-18(23-14)26-4-3-25-15/h5,7,12,16H,3-4,6,8-9H2,1-2H3/t12-,16-/m1/s1. The fourth-order valence-electron chi connectivity index (χ4n) is 3.27. The third-order valence-corrected chi connectivity index (χ3v) is 5.73. The predicted molar refractivity (Wildman–Crippen MR) is 104 cm³/mol. The highest BCUT2D eigenvalue weighted by atomic mass is 127. The molecule has 2 aromatic rings. The van der Waals surface area contributed by atoms with Crippen LogP contribution in [0.5, 0.6) is 17.5 Å². The van der Waals surface area contributed by atoms with Crippen LogP contribution in [0.3, 0.4) is 0 Å². The lowest BCUT2D eigenvalue weighted by molar-refractivity contribution is 0.161. The Morgan fingerprint density at radius 2 is 2.04 bits per heavy atom. The van der Waals surface area contributed by atoms with Gasteiger partial charge in [0.1, 0.15) is 31.0 Å². The molecule has 0 bridgehead atoms. The summed E-state index contributed by atoms with van der Waals surface area (Å²) in [5.41, 5.74) is 1.23. The number of hydrogen-bond donors (Lipinski definition) is 0. The molecule has 27 heavy (non-hydrogen) atoms. The summed E-state index contributed by atoms with van der Waals surface area (Å²) < 4.78 is 31.5. The van der Waals surface area contributed by atoms with E-state index in [1.807, 2.05) is 19.9 Å². The van der Waals surface area contributed by atoms with E-state index in [4.69, 9.17) is 14.2 Å². The Labute approximate surface area is 170 Å². The van der Waals surface area contributed by atoms with Gasteiger partial charge in [-0.1, -0.05) is 22.6 Å². The number of ether oxygens (including phenoxy) is 3. The molecule has 2 aliphatic heterocycles. The van der Waals surface area contributed by atoms with E-state index in [0.29, 0.717) is 55.3 Å². The Balaban J connectivity index is 1.44. The van der Waals surface area contributed by atoms with Crippen molar-refractivity contribution < 1.29 is 18.6 Å². The molecule has 0 saturated carbocycles. The van der Waals surface area contributed by atoms with Gasteiger partial charge >= 0.3 is 0 Å². The van der Waals surface area contributed by atoms with Gasteiger partial charge in [0.2, 0.25) is 5.88 Å². The van der Waals surface area contributed by atoms with Crippen molar-refractivity contribution in [1.82, 2.24) is 19.9 Å². The molecule has 0 aliphatic carbocycles. The first-order valence-electron chi connectivity index (χ1n) is 8.80. The molecule has 1 fully saturated rings. The minimum Gasteiger partial charge on any atom is -0.484 e. The number of nitrogens with zero attached hydrogens (tertiary/aromatic N) is 4. The molecule has 7 nitrogen and oxygen atoms in total. The van der Waals surface area contributed by atoms with Gasteiger partial charge < -0.3 is 14.2 Å². The first-order valence-corrected chi connectivity index (χ1v) is 10.0. The van der Waals surface area contributed by atoms with Crippen molar-refractivity contribution in [1.29, 1.82) is 0 Å². The maximum absolute atomic E-state index is 14.4. The smallest absolute Gasteiger partial charge is 0.257 e. The number of rotatable bonds is 4. The Morgan fingerprint density at radius 3 is 2.85 bits per heavy atom. The molecule has 144 valence electrons. The molecule has 9 heteroatoms. The highest BCUT2D eigenvalue weighted by Crippen LogP contribution is 2.32. The van der Waals surface area contributed by atoms with Gasteiger partial charge in [-0.3, -0.25) is 4.90 Å². The van der Waals surface area contributed by atoms with Gasteiger partial charge in [0.15, 0.2) is 5.75 Å². The van der Waals surface area contributed by atoms with E-state index in [2.05, 4.69) is 42.4 Å². The van der Waals surface area contributed by atoms with E-state index >= 15 is 0 Å². The predicted octanol–water partition coefficient (Wildman–Crippen LogP) is 2.81. The van der Waals surface area contributed by atoms with Crippen LogP contribution in [0.25, 0.3) is 0 Å². The second kappa shape index (κ2) is 7.70. The normalized spacial score (nSPS) is 22.1. The van der Waals surface area contributed by atoms with Crippen LogP contribution < -0.4 is 14.2 Å². The van der Waals surface area contributed by atoms with E-state index in [1.54, 1.807) is 0 Å². The highest BCUT2D eigenvalue weighted by Gasteiger charge is 2.33. The second-order valence-corrected chi connectivity index (χ2v) is 8.09. The van der Waals surface area contributed by atoms with Crippen LogP contribution in [0.4, 0.5) is 4.39 Å². The summed E-state index contributed by atoms with van der Waals surface area (Å²) >= 11 is 2.35. The molecule has 0 amide bonds. The highest BCUT2D eigenvalue weighted by molar-refractivity contribution is 14.1. The molecule has 1 saturated heterocycles. The Bertz CT molecular complexity index is 833. The van der Waals surface area contributed by atoms with E-state index in [0.717, 1.165) is 12.1 Å². The number of halogens is 2. The lowest BCUT2D eigenvalue weighted by Gasteiger charge is -2.22. The molecule has 2 aromatic heterocycles. The molecule has 4 rings (SSSR count). The second-order valence-electron chi connectivity index (χ2n) is 6.65. The third-order valence-electron chi connectivity index (χ3n) is 4.44. The summed E-state index contributed by atoms with van der Waals surface area (Å²) in [6.07, 6.45) is 0.815. The van der Waals surface area contributed by atoms with E-state index in [9.17, 15) is 4.39 Å². The van der Waals surface area contributed by atoms with Crippen molar-refractivity contribution >= 4 is 22.6 Å². The van der Waals surface area contributed by atoms with Crippen LogP contribution in [-0.2, 0) is 6.54 Å². The molecule has 0 radical (unpaired) electrons. The van der Waals surface area contributed by atoms with Gasteiger partial charge in [0, 0.05) is 37.3 Å². The summed E-state index contributed by atoms with van der Waals surface area (Å²) in [4.78, 5) is 15.1. The number of aryl methyl sites for hydroxylation is 2. The number of aromatic nitrogens is 3. The van der Waals surface area contributed by atoms with Gasteiger partial charge in [-0.15, -0.1) is 0 Å².